The van der Waals surface area contributed by atoms with Crippen LogP contribution >= 0.6 is 0 Å². The van der Waals surface area contributed by atoms with Gasteiger partial charge in [0.15, 0.2) is 0 Å². The summed E-state index contributed by atoms with van der Waals surface area (Å²) >= 11 is 0. The Kier molecular flexibility index (Phi) is 12.4. The Hall–Kier alpha value is -6.79. The summed E-state index contributed by atoms with van der Waals surface area (Å²) in [4.78, 5) is 48.5. The molecule has 3 aromatic heterocycles. The van der Waals surface area contributed by atoms with E-state index in [9.17, 15) is 26.4 Å². The van der Waals surface area contributed by atoms with Crippen molar-refractivity contribution < 1.29 is 26.4 Å². The van der Waals surface area contributed by atoms with E-state index in [4.69, 9.17) is 0 Å². The van der Waals surface area contributed by atoms with Gasteiger partial charge in [-0.05, 0) is 121 Å². The van der Waals surface area contributed by atoms with E-state index in [1.54, 1.807) is 98.4 Å². The first-order chi connectivity index (χ1) is 32.9. The molecule has 2 aliphatic heterocycles. The number of piperazine rings is 2. The zero-order chi connectivity index (χ0) is 47.0. The van der Waals surface area contributed by atoms with Gasteiger partial charge in [-0.25, -0.2) is 16.8 Å². The summed E-state index contributed by atoms with van der Waals surface area (Å²) in [7, 11) is -7.98. The van der Waals surface area contributed by atoms with Crippen LogP contribution in [0, 0.1) is 12.8 Å². The molecule has 7 aromatic rings. The molecule has 10 rings (SSSR count). The predicted octanol–water partition coefficient (Wildman–Crippen LogP) is 6.61. The normalized spacial score (nSPS) is 18.1. The summed E-state index contributed by atoms with van der Waals surface area (Å²) in [5.74, 6) is 0.443. The molecule has 15 nitrogen and oxygen atoms in total. The van der Waals surface area contributed by atoms with Crippen LogP contribution in [0.1, 0.15) is 49.7 Å². The second kappa shape index (κ2) is 18.7. The molecule has 1 aliphatic carbocycles. The molecule has 0 spiro atoms. The summed E-state index contributed by atoms with van der Waals surface area (Å²) in [6.07, 6.45) is 7.78. The quantitative estimate of drug-likeness (QED) is 0.127. The second-order valence-electron chi connectivity index (χ2n) is 17.8. The van der Waals surface area contributed by atoms with Crippen molar-refractivity contribution >= 4 is 65.0 Å². The number of aromatic nitrogens is 3. The number of carbonyl (C=O) groups is 2. The van der Waals surface area contributed by atoms with Crippen molar-refractivity contribution in [3.05, 3.63) is 162 Å². The van der Waals surface area contributed by atoms with E-state index in [1.807, 2.05) is 46.2 Å². The molecule has 1 saturated carbocycles. The Labute approximate surface area is 395 Å². The molecule has 3 aliphatic rings. The van der Waals surface area contributed by atoms with Gasteiger partial charge in [-0.1, -0.05) is 30.3 Å². The van der Waals surface area contributed by atoms with Gasteiger partial charge in [-0.15, -0.1) is 0 Å². The van der Waals surface area contributed by atoms with E-state index in [-0.39, 0.29) is 27.5 Å². The number of sulfonamides is 2. The van der Waals surface area contributed by atoms with Crippen LogP contribution in [0.5, 0.6) is 0 Å². The van der Waals surface area contributed by atoms with Crippen LogP contribution in [0.3, 0.4) is 0 Å². The van der Waals surface area contributed by atoms with E-state index in [1.165, 1.54) is 11.6 Å². The zero-order valence-electron chi connectivity index (χ0n) is 37.5. The van der Waals surface area contributed by atoms with Crippen LogP contribution < -0.4 is 9.44 Å². The van der Waals surface area contributed by atoms with Crippen molar-refractivity contribution in [1.29, 1.82) is 0 Å². The maximum Gasteiger partial charge on any atom is 0.264 e. The van der Waals surface area contributed by atoms with E-state index in [0.717, 1.165) is 62.0 Å². The maximum atomic E-state index is 13.9. The summed E-state index contributed by atoms with van der Waals surface area (Å²) in [5.41, 5.74) is 5.43. The number of hydrogen-bond donors (Lipinski definition) is 2. The van der Waals surface area contributed by atoms with Crippen molar-refractivity contribution in [3.8, 4) is 0 Å². The first-order valence-corrected chi connectivity index (χ1v) is 25.8. The molecule has 348 valence electrons. The minimum atomic E-state index is -4.03. The summed E-state index contributed by atoms with van der Waals surface area (Å²) in [6.45, 7) is 8.76. The highest BCUT2D eigenvalue weighted by Gasteiger charge is 2.41. The highest BCUT2D eigenvalue weighted by Crippen LogP contribution is 2.50. The van der Waals surface area contributed by atoms with Crippen LogP contribution in [0.25, 0.3) is 21.8 Å². The first kappa shape index (κ1) is 45.0. The molecule has 0 bridgehead atoms. The van der Waals surface area contributed by atoms with Crippen molar-refractivity contribution in [2.24, 2.45) is 5.92 Å². The number of aryl methyl sites for hydroxylation is 1. The van der Waals surface area contributed by atoms with E-state index >= 15 is 0 Å². The Morgan fingerprint density at radius 3 is 1.96 bits per heavy atom. The molecule has 3 fully saturated rings. The van der Waals surface area contributed by atoms with Crippen molar-refractivity contribution in [2.45, 2.75) is 35.6 Å². The van der Waals surface area contributed by atoms with Crippen LogP contribution in [0.2, 0.25) is 0 Å². The fraction of sp³-hybridized carbons (Fsp3) is 0.275. The van der Waals surface area contributed by atoms with E-state index < -0.39 is 20.0 Å². The van der Waals surface area contributed by atoms with Crippen LogP contribution in [-0.2, 0) is 26.6 Å². The Morgan fingerprint density at radius 2 is 1.24 bits per heavy atom. The minimum absolute atomic E-state index is 0.0819. The van der Waals surface area contributed by atoms with E-state index in [2.05, 4.69) is 34.2 Å². The first-order valence-electron chi connectivity index (χ1n) is 22.8. The lowest BCUT2D eigenvalue weighted by atomic mass is 10.0. The zero-order valence-corrected chi connectivity index (χ0v) is 39.2. The molecule has 2 atom stereocenters. The summed E-state index contributed by atoms with van der Waals surface area (Å²) in [5, 5.41) is 1.53. The van der Waals surface area contributed by atoms with Gasteiger partial charge in [0.1, 0.15) is 9.79 Å². The lowest BCUT2D eigenvalue weighted by Gasteiger charge is -2.35. The molecule has 2 amide bonds. The van der Waals surface area contributed by atoms with E-state index in [0.29, 0.717) is 71.2 Å². The third-order valence-corrected chi connectivity index (χ3v) is 16.1. The van der Waals surface area contributed by atoms with Crippen LogP contribution in [0.15, 0.2) is 144 Å². The number of para-hydroxylation sites is 2. The molecular weight excluding hydrogens is 899 g/mol. The van der Waals surface area contributed by atoms with Crippen LogP contribution in [-0.4, -0.2) is 122 Å². The number of rotatable bonds is 13. The molecule has 2 unspecified atom stereocenters. The Bertz CT molecular complexity index is 3250. The monoisotopic (exact) mass is 949 g/mol. The number of carbonyl (C=O) groups excluding carboxylic acids is 2. The Morgan fingerprint density at radius 1 is 0.618 bits per heavy atom. The second-order valence-corrected chi connectivity index (χ2v) is 21.1. The fourth-order valence-corrected chi connectivity index (χ4v) is 12.1. The molecular formula is C51H51N9O6S2. The maximum absolute atomic E-state index is 13.9. The average molecular weight is 950 g/mol. The number of benzene rings is 4. The molecule has 2 N–H and O–H groups in total. The van der Waals surface area contributed by atoms with Crippen molar-refractivity contribution in [2.75, 3.05) is 68.3 Å². The van der Waals surface area contributed by atoms with Crippen molar-refractivity contribution in [3.63, 3.8) is 0 Å². The average Bonchev–Trinajstić information content (AvgIpc) is 4.13. The van der Waals surface area contributed by atoms with Gasteiger partial charge in [0.25, 0.3) is 31.9 Å². The lowest BCUT2D eigenvalue weighted by molar-refractivity contribution is 0.0623. The lowest BCUT2D eigenvalue weighted by Crippen LogP contribution is -2.49. The van der Waals surface area contributed by atoms with Gasteiger partial charge in [-0.2, -0.15) is 0 Å². The number of hydrogen-bond acceptors (Lipinski definition) is 11. The van der Waals surface area contributed by atoms with Gasteiger partial charge in [0, 0.05) is 118 Å². The number of amides is 2. The third-order valence-electron chi connectivity index (χ3n) is 13.3. The molecule has 2 saturated heterocycles. The minimum Gasteiger partial charge on any atom is -0.336 e. The van der Waals surface area contributed by atoms with Gasteiger partial charge in [0.05, 0.1) is 16.7 Å². The van der Waals surface area contributed by atoms with Gasteiger partial charge < -0.3 is 9.80 Å². The number of nitrogens with zero attached hydrogens (tertiary/aromatic N) is 7. The highest BCUT2D eigenvalue weighted by atomic mass is 32.2. The smallest absolute Gasteiger partial charge is 0.264 e. The van der Waals surface area contributed by atoms with Gasteiger partial charge in [-0.3, -0.25) is 43.8 Å². The number of pyridine rings is 3. The molecule has 5 heterocycles. The third kappa shape index (κ3) is 9.51. The topological polar surface area (TPSA) is 178 Å². The molecule has 17 heteroatoms. The van der Waals surface area contributed by atoms with Gasteiger partial charge >= 0.3 is 0 Å². The number of fused-ring (bicyclic) bond motifs is 2. The summed E-state index contributed by atoms with van der Waals surface area (Å²) in [6, 6.07) is 31.5. The number of anilines is 2. The largest absolute Gasteiger partial charge is 0.336 e. The SMILES string of the molecule is Cc1cc(C(=O)N2CCN(CC3CC3c3ccnc4c(S(=O)(=O)Nc5ccc(C(=O)N6CCN(Cc7ccncc7)CC6)cc5)cccc34)CC2)ccc1NS(=O)(=O)c1cccc2cccnc12. The Balaban J connectivity index is 0.723. The van der Waals surface area contributed by atoms with Crippen molar-refractivity contribution in [1.82, 2.24) is 34.6 Å². The standard InChI is InChI=1S/C51H51N9O6S2/c1-35-31-39(12-15-45(35)56-68(65,66)46-8-2-5-37-6-4-19-53-48(37)46)51(62)60-29-25-58(26-30-60)34-40-32-44(40)42-18-22-54-49-43(42)7-3-9-47(49)67(63,64)55-41-13-10-38(11-14-41)50(61)59-27-23-57(24-28-59)33-36-16-20-52-21-17-36/h2-22,31,40,44,55-56H,23-30,32-34H2,1H3. The molecule has 68 heavy (non-hydrogen) atoms. The molecule has 4 aromatic carbocycles. The predicted molar refractivity (Wildman–Crippen MR) is 261 cm³/mol. The fourth-order valence-electron chi connectivity index (χ4n) is 9.52. The van der Waals surface area contributed by atoms with Crippen LogP contribution in [0.4, 0.5) is 11.4 Å². The number of nitrogens with one attached hydrogen (secondary N) is 2. The highest BCUT2D eigenvalue weighted by molar-refractivity contribution is 7.93. The summed E-state index contributed by atoms with van der Waals surface area (Å²) < 4.78 is 60.1. The molecule has 0 radical (unpaired) electrons. The van der Waals surface area contributed by atoms with Gasteiger partial charge in [0.2, 0.25) is 0 Å².